The first-order valence-corrected chi connectivity index (χ1v) is 11.0. The number of benzene rings is 1. The number of ether oxygens (including phenoxy) is 4. The summed E-state index contributed by atoms with van der Waals surface area (Å²) in [5.74, 6) is 1.13. The van der Waals surface area contributed by atoms with Crippen molar-refractivity contribution in [2.45, 2.75) is 32.8 Å². The van der Waals surface area contributed by atoms with Gasteiger partial charge in [0, 0.05) is 30.4 Å². The van der Waals surface area contributed by atoms with Crippen LogP contribution in [0.4, 0.5) is 10.5 Å². The van der Waals surface area contributed by atoms with Crippen molar-refractivity contribution in [3.05, 3.63) is 30.3 Å². The van der Waals surface area contributed by atoms with Crippen molar-refractivity contribution in [2.75, 3.05) is 38.7 Å². The molecular weight excluding hydrogens is 426 g/mol. The number of carbonyl (C=O) groups excluding carboxylic acids is 2. The number of hydrogen-bond donors (Lipinski definition) is 1. The Morgan fingerprint density at radius 3 is 2.73 bits per heavy atom. The van der Waals surface area contributed by atoms with Crippen molar-refractivity contribution in [3.63, 3.8) is 0 Å². The minimum atomic E-state index is -0.577. The second-order valence-electron chi connectivity index (χ2n) is 9.01. The zero-order valence-electron chi connectivity index (χ0n) is 19.3. The van der Waals surface area contributed by atoms with Gasteiger partial charge in [-0.05, 0) is 45.4 Å². The fraction of sp³-hybridized carbons (Fsp3) is 0.458. The second-order valence-corrected chi connectivity index (χ2v) is 9.01. The molecule has 2 aliphatic rings. The molecule has 1 fully saturated rings. The summed E-state index contributed by atoms with van der Waals surface area (Å²) in [4.78, 5) is 31.4. The Bertz CT molecular complexity index is 1050. The Balaban J connectivity index is 1.50. The standard InChI is InChI=1S/C24H29N3O6/c1-24(2,3)33-23(29)27-9-8-15(14-27)22(28)25-16-12-18(26-20(13-16)30-4)17-6-5-7-19-21(17)32-11-10-31-19/h5-7,12-13,15H,8-11,14H2,1-4H3,(H,25,26,28). The molecule has 0 aliphatic carbocycles. The fourth-order valence-electron chi connectivity index (χ4n) is 3.81. The van der Waals surface area contributed by atoms with Gasteiger partial charge in [-0.1, -0.05) is 6.07 Å². The Labute approximate surface area is 193 Å². The van der Waals surface area contributed by atoms with Crippen LogP contribution >= 0.6 is 0 Å². The van der Waals surface area contributed by atoms with Gasteiger partial charge in [0.05, 0.1) is 18.7 Å². The van der Waals surface area contributed by atoms with Crippen LogP contribution in [0, 0.1) is 5.92 Å². The monoisotopic (exact) mass is 455 g/mol. The van der Waals surface area contributed by atoms with E-state index in [9.17, 15) is 9.59 Å². The SMILES string of the molecule is COc1cc(NC(=O)C2CCN(C(=O)OC(C)(C)C)C2)cc(-c2cccc3c2OCCO3)n1. The molecule has 2 amide bonds. The number of nitrogens with zero attached hydrogens (tertiary/aromatic N) is 2. The van der Waals surface area contributed by atoms with E-state index in [0.29, 0.717) is 61.5 Å². The third kappa shape index (κ3) is 5.30. The summed E-state index contributed by atoms with van der Waals surface area (Å²) < 4.78 is 22.3. The zero-order valence-corrected chi connectivity index (χ0v) is 19.3. The molecule has 0 radical (unpaired) electrons. The van der Waals surface area contributed by atoms with E-state index in [-0.39, 0.29) is 11.8 Å². The highest BCUT2D eigenvalue weighted by Crippen LogP contribution is 2.40. The number of rotatable bonds is 4. The normalized spacial score (nSPS) is 17.5. The molecule has 9 heteroatoms. The van der Waals surface area contributed by atoms with E-state index in [1.165, 1.54) is 7.11 Å². The van der Waals surface area contributed by atoms with Gasteiger partial charge >= 0.3 is 6.09 Å². The molecule has 33 heavy (non-hydrogen) atoms. The third-order valence-corrected chi connectivity index (χ3v) is 5.33. The van der Waals surface area contributed by atoms with Crippen molar-refractivity contribution >= 4 is 17.7 Å². The van der Waals surface area contributed by atoms with E-state index < -0.39 is 11.7 Å². The summed E-state index contributed by atoms with van der Waals surface area (Å²) in [6.07, 6.45) is 0.166. The van der Waals surface area contributed by atoms with Gasteiger partial charge in [-0.2, -0.15) is 0 Å². The Morgan fingerprint density at radius 1 is 1.18 bits per heavy atom. The van der Waals surface area contributed by atoms with Crippen LogP contribution in [-0.4, -0.2) is 60.9 Å². The molecular formula is C24H29N3O6. The molecule has 2 aliphatic heterocycles. The minimum absolute atomic E-state index is 0.171. The van der Waals surface area contributed by atoms with E-state index in [2.05, 4.69) is 10.3 Å². The average Bonchev–Trinajstić information content (AvgIpc) is 3.28. The molecule has 4 rings (SSSR count). The van der Waals surface area contributed by atoms with E-state index in [4.69, 9.17) is 18.9 Å². The summed E-state index contributed by atoms with van der Waals surface area (Å²) in [7, 11) is 1.52. The van der Waals surface area contributed by atoms with Gasteiger partial charge in [0.15, 0.2) is 11.5 Å². The van der Waals surface area contributed by atoms with Crippen LogP contribution in [-0.2, 0) is 9.53 Å². The first-order valence-electron chi connectivity index (χ1n) is 11.0. The van der Waals surface area contributed by atoms with Crippen molar-refractivity contribution < 1.29 is 28.5 Å². The lowest BCUT2D eigenvalue weighted by Gasteiger charge is -2.24. The minimum Gasteiger partial charge on any atom is -0.486 e. The molecule has 1 saturated heterocycles. The number of methoxy groups -OCH3 is 1. The molecule has 1 atom stereocenters. The van der Waals surface area contributed by atoms with Crippen LogP contribution in [0.3, 0.4) is 0 Å². The topological polar surface area (TPSA) is 99.2 Å². The summed E-state index contributed by atoms with van der Waals surface area (Å²) >= 11 is 0. The van der Waals surface area contributed by atoms with E-state index in [0.717, 1.165) is 5.56 Å². The Kier molecular flexibility index (Phi) is 6.31. The number of amides is 2. The molecule has 3 heterocycles. The summed E-state index contributed by atoms with van der Waals surface area (Å²) in [6.45, 7) is 7.19. The van der Waals surface area contributed by atoms with Crippen LogP contribution in [0.1, 0.15) is 27.2 Å². The Hall–Kier alpha value is -3.49. The maximum absolute atomic E-state index is 13.0. The predicted octanol–water partition coefficient (Wildman–Crippen LogP) is 3.72. The molecule has 9 nitrogen and oxygen atoms in total. The van der Waals surface area contributed by atoms with Crippen molar-refractivity contribution in [1.82, 2.24) is 9.88 Å². The number of pyridine rings is 1. The van der Waals surface area contributed by atoms with E-state index >= 15 is 0 Å². The maximum Gasteiger partial charge on any atom is 0.410 e. The first-order chi connectivity index (χ1) is 15.7. The molecule has 1 unspecified atom stereocenters. The number of para-hydroxylation sites is 1. The van der Waals surface area contributed by atoms with Crippen LogP contribution < -0.4 is 19.5 Å². The first kappa shape index (κ1) is 22.7. The number of aromatic nitrogens is 1. The second kappa shape index (κ2) is 9.17. The van der Waals surface area contributed by atoms with Gasteiger partial charge in [0.2, 0.25) is 11.8 Å². The van der Waals surface area contributed by atoms with Crippen molar-refractivity contribution in [1.29, 1.82) is 0 Å². The van der Waals surface area contributed by atoms with Gasteiger partial charge in [0.1, 0.15) is 18.8 Å². The molecule has 0 saturated carbocycles. The lowest BCUT2D eigenvalue weighted by Crippen LogP contribution is -2.36. The number of anilines is 1. The predicted molar refractivity (Wildman–Crippen MR) is 122 cm³/mol. The van der Waals surface area contributed by atoms with Crippen LogP contribution in [0.15, 0.2) is 30.3 Å². The van der Waals surface area contributed by atoms with Gasteiger partial charge < -0.3 is 29.2 Å². The van der Waals surface area contributed by atoms with E-state index in [1.54, 1.807) is 17.0 Å². The van der Waals surface area contributed by atoms with Gasteiger partial charge in [-0.15, -0.1) is 0 Å². The smallest absolute Gasteiger partial charge is 0.410 e. The number of hydrogen-bond acceptors (Lipinski definition) is 7. The van der Waals surface area contributed by atoms with Crippen LogP contribution in [0.5, 0.6) is 17.4 Å². The molecule has 0 bridgehead atoms. The quantitative estimate of drug-likeness (QED) is 0.750. The molecule has 1 N–H and O–H groups in total. The number of likely N-dealkylation sites (tertiary alicyclic amines) is 1. The molecule has 1 aromatic heterocycles. The molecule has 176 valence electrons. The lowest BCUT2D eigenvalue weighted by molar-refractivity contribution is -0.119. The average molecular weight is 456 g/mol. The lowest BCUT2D eigenvalue weighted by atomic mass is 10.1. The van der Waals surface area contributed by atoms with Gasteiger partial charge in [-0.25, -0.2) is 9.78 Å². The summed E-state index contributed by atoms with van der Waals surface area (Å²) in [5.41, 5.74) is 1.31. The third-order valence-electron chi connectivity index (χ3n) is 5.33. The Morgan fingerprint density at radius 2 is 1.97 bits per heavy atom. The summed E-state index contributed by atoms with van der Waals surface area (Å²) in [6, 6.07) is 9.03. The van der Waals surface area contributed by atoms with Gasteiger partial charge in [0.25, 0.3) is 0 Å². The fourth-order valence-corrected chi connectivity index (χ4v) is 3.81. The number of fused-ring (bicyclic) bond motifs is 1. The number of nitrogens with one attached hydrogen (secondary N) is 1. The van der Waals surface area contributed by atoms with E-state index in [1.807, 2.05) is 39.0 Å². The highest BCUT2D eigenvalue weighted by atomic mass is 16.6. The highest BCUT2D eigenvalue weighted by molar-refractivity contribution is 5.94. The van der Waals surface area contributed by atoms with Crippen molar-refractivity contribution in [2.24, 2.45) is 5.92 Å². The van der Waals surface area contributed by atoms with Crippen LogP contribution in [0.25, 0.3) is 11.3 Å². The van der Waals surface area contributed by atoms with Gasteiger partial charge in [-0.3, -0.25) is 4.79 Å². The molecule has 1 aromatic carbocycles. The largest absolute Gasteiger partial charge is 0.486 e. The van der Waals surface area contributed by atoms with Crippen LogP contribution in [0.2, 0.25) is 0 Å². The molecule has 2 aromatic rings. The highest BCUT2D eigenvalue weighted by Gasteiger charge is 2.33. The zero-order chi connectivity index (χ0) is 23.6. The van der Waals surface area contributed by atoms with Crippen molar-refractivity contribution in [3.8, 4) is 28.6 Å². The molecule has 0 spiro atoms. The summed E-state index contributed by atoms with van der Waals surface area (Å²) in [5, 5.41) is 2.95. The number of carbonyl (C=O) groups is 2. The maximum atomic E-state index is 13.0.